The summed E-state index contributed by atoms with van der Waals surface area (Å²) < 4.78 is 0. The predicted octanol–water partition coefficient (Wildman–Crippen LogP) is 3.54. The van der Waals surface area contributed by atoms with Gasteiger partial charge in [0.2, 0.25) is 5.91 Å². The molecule has 0 N–H and O–H groups in total. The highest BCUT2D eigenvalue weighted by molar-refractivity contribution is 5.87. The van der Waals surface area contributed by atoms with Gasteiger partial charge in [-0.15, -0.1) is 0 Å². The van der Waals surface area contributed by atoms with E-state index in [1.807, 2.05) is 48.3 Å². The van der Waals surface area contributed by atoms with Crippen LogP contribution >= 0.6 is 0 Å². The van der Waals surface area contributed by atoms with E-state index >= 15 is 0 Å². The van der Waals surface area contributed by atoms with Gasteiger partial charge >= 0.3 is 0 Å². The van der Waals surface area contributed by atoms with Crippen LogP contribution in [0.2, 0.25) is 0 Å². The van der Waals surface area contributed by atoms with Crippen LogP contribution in [0.1, 0.15) is 41.9 Å². The zero-order chi connectivity index (χ0) is 18.9. The van der Waals surface area contributed by atoms with E-state index in [0.717, 1.165) is 44.5 Å². The summed E-state index contributed by atoms with van der Waals surface area (Å²) in [6, 6.07) is 20.3. The van der Waals surface area contributed by atoms with E-state index < -0.39 is 0 Å². The quantitative estimate of drug-likeness (QED) is 0.842. The van der Waals surface area contributed by atoms with Gasteiger partial charge in [0.25, 0.3) is 0 Å². The molecule has 1 amide bonds. The summed E-state index contributed by atoms with van der Waals surface area (Å²) >= 11 is 0. The highest BCUT2D eigenvalue weighted by Gasteiger charge is 2.50. The Kier molecular flexibility index (Phi) is 4.72. The molecule has 4 heteroatoms. The lowest BCUT2D eigenvalue weighted by atomic mass is 9.81. The summed E-state index contributed by atoms with van der Waals surface area (Å²) in [6.07, 6.45) is 2.94. The lowest BCUT2D eigenvalue weighted by molar-refractivity contribution is -0.131. The van der Waals surface area contributed by atoms with Crippen LogP contribution in [-0.2, 0) is 11.3 Å². The highest BCUT2D eigenvalue weighted by Crippen LogP contribution is 2.44. The lowest BCUT2D eigenvalue weighted by Gasteiger charge is -2.43. The molecule has 2 aliphatic heterocycles. The fourth-order valence-electron chi connectivity index (χ4n) is 4.68. The van der Waals surface area contributed by atoms with E-state index in [2.05, 4.69) is 29.2 Å². The van der Waals surface area contributed by atoms with Crippen LogP contribution in [0.4, 0.5) is 0 Å². The van der Waals surface area contributed by atoms with Crippen LogP contribution in [0.3, 0.4) is 0 Å². The van der Waals surface area contributed by atoms with E-state index in [4.69, 9.17) is 5.26 Å². The molecular weight excluding hydrogens is 334 g/mol. The van der Waals surface area contributed by atoms with Crippen LogP contribution in [0, 0.1) is 11.3 Å². The fraction of sp³-hybridized carbons (Fsp3) is 0.391. The van der Waals surface area contributed by atoms with Gasteiger partial charge in [-0.1, -0.05) is 42.5 Å². The Morgan fingerprint density at radius 1 is 1.11 bits per heavy atom. The second-order valence-corrected chi connectivity index (χ2v) is 7.88. The zero-order valence-corrected chi connectivity index (χ0v) is 15.8. The lowest BCUT2D eigenvalue weighted by Crippen LogP contribution is -2.51. The first-order valence-electron chi connectivity index (χ1n) is 9.65. The van der Waals surface area contributed by atoms with Crippen LogP contribution in [0.5, 0.6) is 0 Å². The zero-order valence-electron chi connectivity index (χ0n) is 15.8. The Hall–Kier alpha value is -2.64. The molecular formula is C23H25N3O. The van der Waals surface area contributed by atoms with Gasteiger partial charge in [0, 0.05) is 32.2 Å². The number of carbonyl (C=O) groups is 1. The third-order valence-electron chi connectivity index (χ3n) is 6.38. The van der Waals surface area contributed by atoms with Gasteiger partial charge in [-0.25, -0.2) is 0 Å². The average Bonchev–Trinajstić information content (AvgIpc) is 2.96. The van der Waals surface area contributed by atoms with Crippen molar-refractivity contribution in [3.8, 4) is 6.07 Å². The molecule has 0 aliphatic carbocycles. The number of hydrogen-bond donors (Lipinski definition) is 0. The molecule has 0 aromatic heterocycles. The van der Waals surface area contributed by atoms with Crippen molar-refractivity contribution in [1.29, 1.82) is 5.26 Å². The van der Waals surface area contributed by atoms with Crippen molar-refractivity contribution in [2.45, 2.75) is 37.3 Å². The number of nitrogens with zero attached hydrogens (tertiary/aromatic N) is 3. The molecule has 1 atom stereocenters. The minimum Gasteiger partial charge on any atom is -0.339 e. The maximum absolute atomic E-state index is 12.9. The maximum Gasteiger partial charge on any atom is 0.230 e. The first-order chi connectivity index (χ1) is 13.1. The summed E-state index contributed by atoms with van der Waals surface area (Å²) in [5, 5.41) is 9.08. The number of amides is 1. The topological polar surface area (TPSA) is 47.3 Å². The number of benzene rings is 2. The van der Waals surface area contributed by atoms with Gasteiger partial charge in [-0.05, 0) is 42.5 Å². The Balaban J connectivity index is 1.43. The van der Waals surface area contributed by atoms with Gasteiger partial charge in [0.05, 0.1) is 17.6 Å². The summed E-state index contributed by atoms with van der Waals surface area (Å²) in [6.45, 7) is 2.83. The molecule has 0 bridgehead atoms. The monoisotopic (exact) mass is 359 g/mol. The molecule has 2 fully saturated rings. The van der Waals surface area contributed by atoms with Crippen LogP contribution < -0.4 is 0 Å². The SMILES string of the molecule is CN1C(=O)[C@@H](c2ccccc2)CC12CCN(Cc1cccc(C#N)c1)CC2. The summed E-state index contributed by atoms with van der Waals surface area (Å²) in [5.74, 6) is 0.256. The molecule has 2 aromatic rings. The summed E-state index contributed by atoms with van der Waals surface area (Å²) in [7, 11) is 1.98. The molecule has 0 unspecified atom stereocenters. The van der Waals surface area contributed by atoms with Crippen molar-refractivity contribution in [3.05, 3.63) is 71.3 Å². The van der Waals surface area contributed by atoms with E-state index in [9.17, 15) is 4.79 Å². The summed E-state index contributed by atoms with van der Waals surface area (Å²) in [5.41, 5.74) is 3.03. The third kappa shape index (κ3) is 3.36. The Morgan fingerprint density at radius 3 is 2.56 bits per heavy atom. The van der Waals surface area contributed by atoms with Crippen LogP contribution in [0.15, 0.2) is 54.6 Å². The van der Waals surface area contributed by atoms with Crippen molar-refractivity contribution < 1.29 is 4.79 Å². The smallest absolute Gasteiger partial charge is 0.230 e. The van der Waals surface area contributed by atoms with Gasteiger partial charge in [-0.2, -0.15) is 5.26 Å². The first-order valence-corrected chi connectivity index (χ1v) is 9.65. The number of carbonyl (C=O) groups excluding carboxylic acids is 1. The van der Waals surface area contributed by atoms with Gasteiger partial charge in [0.15, 0.2) is 0 Å². The Bertz CT molecular complexity index is 863. The number of likely N-dealkylation sites (tertiary alicyclic amines) is 2. The molecule has 2 heterocycles. The minimum atomic E-state index is -0.0113. The van der Waals surface area contributed by atoms with E-state index in [0.29, 0.717) is 5.56 Å². The molecule has 2 saturated heterocycles. The molecule has 0 radical (unpaired) electrons. The molecule has 4 nitrogen and oxygen atoms in total. The van der Waals surface area contributed by atoms with Crippen molar-refractivity contribution in [2.24, 2.45) is 0 Å². The maximum atomic E-state index is 12.9. The van der Waals surface area contributed by atoms with Crippen molar-refractivity contribution in [3.63, 3.8) is 0 Å². The van der Waals surface area contributed by atoms with Crippen LogP contribution in [-0.4, -0.2) is 41.4 Å². The Morgan fingerprint density at radius 2 is 1.85 bits per heavy atom. The fourth-order valence-corrected chi connectivity index (χ4v) is 4.68. The number of piperidine rings is 1. The van der Waals surface area contributed by atoms with E-state index in [1.54, 1.807) is 0 Å². The minimum absolute atomic E-state index is 0.00457. The van der Waals surface area contributed by atoms with Gasteiger partial charge in [-0.3, -0.25) is 9.69 Å². The highest BCUT2D eigenvalue weighted by atomic mass is 16.2. The normalized spacial score (nSPS) is 22.1. The first kappa shape index (κ1) is 17.8. The molecule has 0 saturated carbocycles. The predicted molar refractivity (Wildman–Crippen MR) is 105 cm³/mol. The Labute approximate surface area is 161 Å². The van der Waals surface area contributed by atoms with Crippen molar-refractivity contribution in [2.75, 3.05) is 20.1 Å². The van der Waals surface area contributed by atoms with Gasteiger partial charge in [0.1, 0.15) is 0 Å². The number of likely N-dealkylation sites (N-methyl/N-ethyl adjacent to an activating group) is 1. The molecule has 4 rings (SSSR count). The summed E-state index contributed by atoms with van der Waals surface area (Å²) in [4.78, 5) is 17.4. The second kappa shape index (κ2) is 7.17. The number of nitriles is 1. The second-order valence-electron chi connectivity index (χ2n) is 7.88. The third-order valence-corrected chi connectivity index (χ3v) is 6.38. The molecule has 2 aromatic carbocycles. The van der Waals surface area contributed by atoms with E-state index in [-0.39, 0.29) is 17.4 Å². The number of rotatable bonds is 3. The van der Waals surface area contributed by atoms with Crippen molar-refractivity contribution in [1.82, 2.24) is 9.80 Å². The van der Waals surface area contributed by atoms with Crippen molar-refractivity contribution >= 4 is 5.91 Å². The van der Waals surface area contributed by atoms with Crippen LogP contribution in [0.25, 0.3) is 0 Å². The van der Waals surface area contributed by atoms with E-state index in [1.165, 1.54) is 5.56 Å². The molecule has 27 heavy (non-hydrogen) atoms. The standard InChI is InChI=1S/C23H25N3O/c1-25-22(27)21(20-8-3-2-4-9-20)15-23(25)10-12-26(13-11-23)17-19-7-5-6-18(14-19)16-24/h2-9,14,21H,10-13,15,17H2,1H3/t21-/m1/s1. The van der Waals surface area contributed by atoms with Gasteiger partial charge < -0.3 is 4.90 Å². The average molecular weight is 359 g/mol. The molecule has 2 aliphatic rings. The number of hydrogen-bond acceptors (Lipinski definition) is 3. The largest absolute Gasteiger partial charge is 0.339 e. The molecule has 138 valence electrons. The molecule has 1 spiro atoms.